The monoisotopic (exact) mass is 327 g/mol. The van der Waals surface area contributed by atoms with Crippen molar-refractivity contribution in [2.45, 2.75) is 26.4 Å². The standard InChI is InChI=1S/C18H25N5O/c1-5-23(14(2)15-8-6-10-19-12-15)18(24)21-13-16-9-7-11-20-17(16)22(3)4/h6-12,14H,5,13H2,1-4H3,(H,21,24)/t14-/m0/s1. The average Bonchev–Trinajstić information content (AvgIpc) is 2.61. The highest BCUT2D eigenvalue weighted by atomic mass is 16.2. The summed E-state index contributed by atoms with van der Waals surface area (Å²) in [6, 6.07) is 7.59. The van der Waals surface area contributed by atoms with Crippen LogP contribution >= 0.6 is 0 Å². The van der Waals surface area contributed by atoms with Crippen molar-refractivity contribution in [3.8, 4) is 0 Å². The summed E-state index contributed by atoms with van der Waals surface area (Å²) in [6.45, 7) is 5.04. The number of rotatable bonds is 6. The van der Waals surface area contributed by atoms with Crippen molar-refractivity contribution in [1.29, 1.82) is 0 Å². The molecule has 0 spiro atoms. The molecule has 128 valence electrons. The number of carbonyl (C=O) groups is 1. The lowest BCUT2D eigenvalue weighted by Crippen LogP contribution is -2.41. The molecule has 2 heterocycles. The van der Waals surface area contributed by atoms with E-state index in [9.17, 15) is 4.79 Å². The normalized spacial score (nSPS) is 11.7. The van der Waals surface area contributed by atoms with Crippen LogP contribution in [0, 0.1) is 0 Å². The van der Waals surface area contributed by atoms with E-state index in [1.165, 1.54) is 0 Å². The topological polar surface area (TPSA) is 61.4 Å². The molecule has 0 radical (unpaired) electrons. The van der Waals surface area contributed by atoms with E-state index < -0.39 is 0 Å². The van der Waals surface area contributed by atoms with Crippen LogP contribution in [0.4, 0.5) is 10.6 Å². The second kappa shape index (κ2) is 8.29. The van der Waals surface area contributed by atoms with Crippen LogP contribution in [0.25, 0.3) is 0 Å². The summed E-state index contributed by atoms with van der Waals surface area (Å²) in [5.74, 6) is 0.862. The Kier molecular flexibility index (Phi) is 6.12. The highest BCUT2D eigenvalue weighted by Crippen LogP contribution is 2.19. The molecule has 0 saturated carbocycles. The second-order valence-electron chi connectivity index (χ2n) is 5.79. The number of urea groups is 1. The SMILES string of the molecule is CCN(C(=O)NCc1cccnc1N(C)C)[C@@H](C)c1cccnc1. The minimum atomic E-state index is -0.0950. The third-order valence-electron chi connectivity index (χ3n) is 3.96. The zero-order chi connectivity index (χ0) is 17.5. The fourth-order valence-electron chi connectivity index (χ4n) is 2.64. The molecule has 24 heavy (non-hydrogen) atoms. The zero-order valence-electron chi connectivity index (χ0n) is 14.7. The summed E-state index contributed by atoms with van der Waals surface area (Å²) < 4.78 is 0. The van der Waals surface area contributed by atoms with Gasteiger partial charge in [0.2, 0.25) is 0 Å². The molecule has 2 aromatic rings. The Labute approximate surface area is 143 Å². The van der Waals surface area contributed by atoms with Gasteiger partial charge in [0, 0.05) is 51.3 Å². The number of anilines is 1. The first kappa shape index (κ1) is 17.7. The van der Waals surface area contributed by atoms with Gasteiger partial charge in [-0.3, -0.25) is 4.98 Å². The lowest BCUT2D eigenvalue weighted by Gasteiger charge is -2.28. The average molecular weight is 327 g/mol. The van der Waals surface area contributed by atoms with E-state index in [0.29, 0.717) is 13.1 Å². The minimum absolute atomic E-state index is 0.0362. The molecule has 2 rings (SSSR count). The van der Waals surface area contributed by atoms with E-state index in [1.54, 1.807) is 23.5 Å². The fourth-order valence-corrected chi connectivity index (χ4v) is 2.64. The minimum Gasteiger partial charge on any atom is -0.362 e. The summed E-state index contributed by atoms with van der Waals surface area (Å²) in [5, 5.41) is 3.00. The van der Waals surface area contributed by atoms with Crippen LogP contribution in [-0.4, -0.2) is 41.5 Å². The molecule has 0 aliphatic rings. The molecule has 0 aliphatic carbocycles. The molecule has 6 nitrogen and oxygen atoms in total. The first-order chi connectivity index (χ1) is 11.5. The lowest BCUT2D eigenvalue weighted by molar-refractivity contribution is 0.182. The van der Waals surface area contributed by atoms with Gasteiger partial charge in [-0.1, -0.05) is 12.1 Å². The Hall–Kier alpha value is -2.63. The maximum atomic E-state index is 12.6. The molecule has 0 aromatic carbocycles. The zero-order valence-corrected chi connectivity index (χ0v) is 14.7. The quantitative estimate of drug-likeness (QED) is 0.886. The number of amides is 2. The number of hydrogen-bond acceptors (Lipinski definition) is 4. The van der Waals surface area contributed by atoms with Crippen LogP contribution in [0.5, 0.6) is 0 Å². The summed E-state index contributed by atoms with van der Waals surface area (Å²) in [4.78, 5) is 24.8. The third kappa shape index (κ3) is 4.22. The predicted octanol–water partition coefficient (Wildman–Crippen LogP) is 2.84. The maximum Gasteiger partial charge on any atom is 0.318 e. The second-order valence-corrected chi connectivity index (χ2v) is 5.79. The van der Waals surface area contributed by atoms with Crippen molar-refractivity contribution in [2.24, 2.45) is 0 Å². The van der Waals surface area contributed by atoms with Crippen LogP contribution in [0.2, 0.25) is 0 Å². The smallest absolute Gasteiger partial charge is 0.318 e. The summed E-state index contributed by atoms with van der Waals surface area (Å²) in [7, 11) is 3.88. The lowest BCUT2D eigenvalue weighted by atomic mass is 10.1. The molecule has 0 bridgehead atoms. The van der Waals surface area contributed by atoms with E-state index in [-0.39, 0.29) is 12.1 Å². The van der Waals surface area contributed by atoms with E-state index >= 15 is 0 Å². The molecule has 2 aromatic heterocycles. The van der Waals surface area contributed by atoms with Gasteiger partial charge in [-0.25, -0.2) is 9.78 Å². The van der Waals surface area contributed by atoms with Crippen LogP contribution in [0.1, 0.15) is 31.0 Å². The molecular formula is C18H25N5O. The number of carbonyl (C=O) groups excluding carboxylic acids is 1. The van der Waals surface area contributed by atoms with Crippen molar-refractivity contribution in [3.63, 3.8) is 0 Å². The fraction of sp³-hybridized carbons (Fsp3) is 0.389. The van der Waals surface area contributed by atoms with Crippen molar-refractivity contribution in [2.75, 3.05) is 25.5 Å². The summed E-state index contributed by atoms with van der Waals surface area (Å²) in [6.07, 6.45) is 5.28. The molecule has 0 saturated heterocycles. The van der Waals surface area contributed by atoms with Gasteiger partial charge in [0.15, 0.2) is 0 Å². The van der Waals surface area contributed by atoms with Crippen LogP contribution in [0.3, 0.4) is 0 Å². The van der Waals surface area contributed by atoms with E-state index in [0.717, 1.165) is 16.9 Å². The number of nitrogens with one attached hydrogen (secondary N) is 1. The number of hydrogen-bond donors (Lipinski definition) is 1. The van der Waals surface area contributed by atoms with Crippen molar-refractivity contribution < 1.29 is 4.79 Å². The maximum absolute atomic E-state index is 12.6. The number of nitrogens with zero attached hydrogens (tertiary/aromatic N) is 4. The summed E-state index contributed by atoms with van der Waals surface area (Å²) >= 11 is 0. The van der Waals surface area contributed by atoms with Gasteiger partial charge in [-0.15, -0.1) is 0 Å². The van der Waals surface area contributed by atoms with Gasteiger partial charge in [-0.05, 0) is 31.5 Å². The third-order valence-corrected chi connectivity index (χ3v) is 3.96. The van der Waals surface area contributed by atoms with Crippen molar-refractivity contribution in [3.05, 3.63) is 54.0 Å². The molecular weight excluding hydrogens is 302 g/mol. The van der Waals surface area contributed by atoms with Crippen LogP contribution in [0.15, 0.2) is 42.9 Å². The van der Waals surface area contributed by atoms with E-state index in [2.05, 4.69) is 15.3 Å². The Bertz CT molecular complexity index is 659. The Morgan fingerprint density at radius 3 is 2.62 bits per heavy atom. The Morgan fingerprint density at radius 1 is 1.25 bits per heavy atom. The van der Waals surface area contributed by atoms with E-state index in [4.69, 9.17) is 0 Å². The molecule has 0 fully saturated rings. The molecule has 0 aliphatic heterocycles. The van der Waals surface area contributed by atoms with Gasteiger partial charge < -0.3 is 15.1 Å². The predicted molar refractivity (Wildman–Crippen MR) is 95.8 cm³/mol. The van der Waals surface area contributed by atoms with Crippen LogP contribution < -0.4 is 10.2 Å². The largest absolute Gasteiger partial charge is 0.362 e. The molecule has 1 N–H and O–H groups in total. The summed E-state index contributed by atoms with van der Waals surface area (Å²) in [5.41, 5.74) is 2.01. The Morgan fingerprint density at radius 2 is 2.00 bits per heavy atom. The molecule has 2 amide bonds. The van der Waals surface area contributed by atoms with Crippen molar-refractivity contribution in [1.82, 2.24) is 20.2 Å². The Balaban J connectivity index is 2.05. The molecule has 0 unspecified atom stereocenters. The van der Waals surface area contributed by atoms with Gasteiger partial charge in [0.25, 0.3) is 0 Å². The van der Waals surface area contributed by atoms with E-state index in [1.807, 2.05) is 57.1 Å². The highest BCUT2D eigenvalue weighted by molar-refractivity contribution is 5.75. The highest BCUT2D eigenvalue weighted by Gasteiger charge is 2.20. The van der Waals surface area contributed by atoms with Gasteiger partial charge >= 0.3 is 6.03 Å². The first-order valence-corrected chi connectivity index (χ1v) is 8.10. The van der Waals surface area contributed by atoms with Gasteiger partial charge in [0.05, 0.1) is 6.04 Å². The molecule has 1 atom stereocenters. The van der Waals surface area contributed by atoms with Crippen molar-refractivity contribution >= 4 is 11.8 Å². The number of aromatic nitrogens is 2. The number of pyridine rings is 2. The van der Waals surface area contributed by atoms with Gasteiger partial charge in [-0.2, -0.15) is 0 Å². The first-order valence-electron chi connectivity index (χ1n) is 8.10. The van der Waals surface area contributed by atoms with Gasteiger partial charge in [0.1, 0.15) is 5.82 Å². The van der Waals surface area contributed by atoms with Crippen LogP contribution in [-0.2, 0) is 6.54 Å². The molecule has 6 heteroatoms.